The lowest BCUT2D eigenvalue weighted by molar-refractivity contribution is 0.102. The second-order valence-corrected chi connectivity index (χ2v) is 6.10. The van der Waals surface area contributed by atoms with Crippen molar-refractivity contribution >= 4 is 33.8 Å². The van der Waals surface area contributed by atoms with E-state index in [1.165, 1.54) is 12.1 Å². The molecule has 2 aromatic carbocycles. The topological polar surface area (TPSA) is 59.8 Å². The number of aryl methyl sites for hydroxylation is 2. The molecule has 0 atom stereocenters. The summed E-state index contributed by atoms with van der Waals surface area (Å²) in [5, 5.41) is 3.50. The number of pyridine rings is 1. The first-order valence-electron chi connectivity index (χ1n) is 8.40. The maximum Gasteiger partial charge on any atom is 0.258 e. The number of fused-ring (bicyclic) bond motifs is 2. The molecule has 5 nitrogen and oxygen atoms in total. The van der Waals surface area contributed by atoms with Crippen LogP contribution in [0.5, 0.6) is 0 Å². The van der Waals surface area contributed by atoms with Crippen LogP contribution < -0.4 is 5.32 Å². The Balaban J connectivity index is 1.79. The van der Waals surface area contributed by atoms with Crippen molar-refractivity contribution in [3.05, 3.63) is 65.6 Å². The zero-order valence-electron chi connectivity index (χ0n) is 14.5. The number of halogens is 1. The highest BCUT2D eigenvalue weighted by Crippen LogP contribution is 2.23. The van der Waals surface area contributed by atoms with Crippen LogP contribution in [-0.4, -0.2) is 20.4 Å². The second kappa shape index (κ2) is 6.22. The Bertz CT molecular complexity index is 1140. The molecule has 0 saturated heterocycles. The summed E-state index contributed by atoms with van der Waals surface area (Å²) in [5.74, 6) is -0.185. The van der Waals surface area contributed by atoms with Crippen LogP contribution in [0, 0.1) is 12.7 Å². The maximum absolute atomic E-state index is 13.5. The second-order valence-electron chi connectivity index (χ2n) is 6.10. The number of hydrogen-bond acceptors (Lipinski definition) is 3. The fourth-order valence-corrected chi connectivity index (χ4v) is 3.18. The molecule has 0 bridgehead atoms. The number of aromatic nitrogens is 3. The fraction of sp³-hybridized carbons (Fsp3) is 0.150. The Morgan fingerprint density at radius 2 is 1.92 bits per heavy atom. The lowest BCUT2D eigenvalue weighted by Gasteiger charge is -2.10. The van der Waals surface area contributed by atoms with Crippen LogP contribution >= 0.6 is 0 Å². The van der Waals surface area contributed by atoms with Gasteiger partial charge in [-0.25, -0.2) is 9.37 Å². The van der Waals surface area contributed by atoms with E-state index in [0.29, 0.717) is 34.7 Å². The third-order valence-corrected chi connectivity index (χ3v) is 4.34. The molecule has 6 heteroatoms. The van der Waals surface area contributed by atoms with Crippen LogP contribution in [0.1, 0.15) is 23.0 Å². The number of hydrogen-bond donors (Lipinski definition) is 1. The Morgan fingerprint density at radius 3 is 2.73 bits per heavy atom. The zero-order chi connectivity index (χ0) is 18.3. The molecule has 0 spiro atoms. The highest BCUT2D eigenvalue weighted by atomic mass is 19.1. The Kier molecular flexibility index (Phi) is 3.88. The number of imidazole rings is 1. The summed E-state index contributed by atoms with van der Waals surface area (Å²) in [5.41, 5.74) is 3.34. The number of carbonyl (C=O) groups is 1. The fourth-order valence-electron chi connectivity index (χ4n) is 3.18. The van der Waals surface area contributed by atoms with E-state index < -0.39 is 0 Å². The Morgan fingerprint density at radius 1 is 1.12 bits per heavy atom. The van der Waals surface area contributed by atoms with Crippen molar-refractivity contribution in [2.75, 3.05) is 5.32 Å². The van der Waals surface area contributed by atoms with Gasteiger partial charge in [-0.3, -0.25) is 15.1 Å². The van der Waals surface area contributed by atoms with Gasteiger partial charge in [0.1, 0.15) is 5.82 Å². The van der Waals surface area contributed by atoms with E-state index >= 15 is 0 Å². The van der Waals surface area contributed by atoms with E-state index in [4.69, 9.17) is 0 Å². The predicted molar refractivity (Wildman–Crippen MR) is 99.8 cm³/mol. The molecule has 0 radical (unpaired) electrons. The van der Waals surface area contributed by atoms with Crippen molar-refractivity contribution in [1.29, 1.82) is 0 Å². The minimum Gasteiger partial charge on any atom is -0.310 e. The van der Waals surface area contributed by atoms with E-state index in [1.807, 2.05) is 35.8 Å². The number of anilines is 1. The summed E-state index contributed by atoms with van der Waals surface area (Å²) >= 11 is 0. The summed E-state index contributed by atoms with van der Waals surface area (Å²) in [6, 6.07) is 13.7. The molecule has 26 heavy (non-hydrogen) atoms. The lowest BCUT2D eigenvalue weighted by Crippen LogP contribution is -2.16. The number of para-hydroxylation sites is 2. The minimum absolute atomic E-state index is 0.294. The van der Waals surface area contributed by atoms with Gasteiger partial charge in [0, 0.05) is 23.7 Å². The van der Waals surface area contributed by atoms with Crippen LogP contribution in [0.15, 0.2) is 48.5 Å². The average Bonchev–Trinajstić information content (AvgIpc) is 2.97. The number of nitrogens with one attached hydrogen (secondary N) is 1. The van der Waals surface area contributed by atoms with Crippen LogP contribution in [0.25, 0.3) is 21.9 Å². The number of nitrogens with zero attached hydrogens (tertiary/aromatic N) is 3. The molecule has 0 fully saturated rings. The van der Waals surface area contributed by atoms with Crippen molar-refractivity contribution in [3.63, 3.8) is 0 Å². The van der Waals surface area contributed by atoms with Crippen molar-refractivity contribution in [3.8, 4) is 0 Å². The van der Waals surface area contributed by atoms with Gasteiger partial charge in [0.25, 0.3) is 5.91 Å². The van der Waals surface area contributed by atoms with Crippen molar-refractivity contribution < 1.29 is 9.18 Å². The summed E-state index contributed by atoms with van der Waals surface area (Å²) < 4.78 is 15.5. The van der Waals surface area contributed by atoms with E-state index in [-0.39, 0.29) is 11.7 Å². The third-order valence-electron chi connectivity index (χ3n) is 4.34. The summed E-state index contributed by atoms with van der Waals surface area (Å²) in [7, 11) is 0. The summed E-state index contributed by atoms with van der Waals surface area (Å²) in [6.07, 6.45) is 0. The molecule has 0 unspecified atom stereocenters. The molecule has 0 saturated carbocycles. The van der Waals surface area contributed by atoms with Gasteiger partial charge >= 0.3 is 0 Å². The normalized spacial score (nSPS) is 11.2. The first kappa shape index (κ1) is 16.2. The maximum atomic E-state index is 13.5. The first-order chi connectivity index (χ1) is 12.6. The number of amides is 1. The van der Waals surface area contributed by atoms with Crippen molar-refractivity contribution in [2.24, 2.45) is 0 Å². The zero-order valence-corrected chi connectivity index (χ0v) is 14.5. The van der Waals surface area contributed by atoms with Gasteiger partial charge in [-0.2, -0.15) is 0 Å². The largest absolute Gasteiger partial charge is 0.310 e. The monoisotopic (exact) mass is 348 g/mol. The van der Waals surface area contributed by atoms with Gasteiger partial charge in [-0.15, -0.1) is 0 Å². The van der Waals surface area contributed by atoms with E-state index in [2.05, 4.69) is 15.3 Å². The highest BCUT2D eigenvalue weighted by Gasteiger charge is 2.16. The molecular formula is C20H17FN4O. The first-order valence-corrected chi connectivity index (χ1v) is 8.40. The smallest absolute Gasteiger partial charge is 0.258 e. The van der Waals surface area contributed by atoms with E-state index in [9.17, 15) is 9.18 Å². The molecule has 2 aromatic heterocycles. The van der Waals surface area contributed by atoms with Gasteiger partial charge in [0.2, 0.25) is 5.95 Å². The van der Waals surface area contributed by atoms with Gasteiger partial charge < -0.3 is 4.57 Å². The van der Waals surface area contributed by atoms with E-state index in [0.717, 1.165) is 11.0 Å². The van der Waals surface area contributed by atoms with Crippen LogP contribution in [0.3, 0.4) is 0 Å². The van der Waals surface area contributed by atoms with Crippen LogP contribution in [-0.2, 0) is 6.54 Å². The molecular weight excluding hydrogens is 331 g/mol. The number of carbonyl (C=O) groups excluding carboxylic acids is 1. The average molecular weight is 348 g/mol. The van der Waals surface area contributed by atoms with E-state index in [1.54, 1.807) is 19.1 Å². The number of benzene rings is 2. The van der Waals surface area contributed by atoms with Gasteiger partial charge in [0.05, 0.1) is 22.1 Å². The molecule has 1 N–H and O–H groups in total. The molecule has 0 aliphatic rings. The molecule has 0 aliphatic carbocycles. The molecule has 1 amide bonds. The quantitative estimate of drug-likeness (QED) is 0.600. The molecule has 130 valence electrons. The van der Waals surface area contributed by atoms with Gasteiger partial charge in [-0.1, -0.05) is 12.1 Å². The lowest BCUT2D eigenvalue weighted by atomic mass is 10.1. The highest BCUT2D eigenvalue weighted by molar-refractivity contribution is 6.12. The molecule has 2 heterocycles. The SMILES string of the molecule is CCn1c(NC(=O)c2cc(C)nc3cc(F)ccc23)nc2ccccc21. The Labute approximate surface area is 149 Å². The van der Waals surface area contributed by atoms with Gasteiger partial charge in [-0.05, 0) is 44.2 Å². The third kappa shape index (κ3) is 2.69. The summed E-state index contributed by atoms with van der Waals surface area (Å²) in [6.45, 7) is 4.46. The van der Waals surface area contributed by atoms with Crippen molar-refractivity contribution in [1.82, 2.24) is 14.5 Å². The molecule has 0 aliphatic heterocycles. The summed E-state index contributed by atoms with van der Waals surface area (Å²) in [4.78, 5) is 21.8. The minimum atomic E-state index is -0.380. The standard InChI is InChI=1S/C20H17FN4O/c1-3-25-18-7-5-4-6-16(18)23-20(25)24-19(26)15-10-12(2)22-17-11-13(21)8-9-14(15)17/h4-11H,3H2,1-2H3,(H,23,24,26). The van der Waals surface area contributed by atoms with Gasteiger partial charge in [0.15, 0.2) is 0 Å². The van der Waals surface area contributed by atoms with Crippen molar-refractivity contribution in [2.45, 2.75) is 20.4 Å². The predicted octanol–water partition coefficient (Wildman–Crippen LogP) is 4.30. The van der Waals surface area contributed by atoms with Crippen LogP contribution in [0.2, 0.25) is 0 Å². The molecule has 4 rings (SSSR count). The number of rotatable bonds is 3. The van der Waals surface area contributed by atoms with Crippen LogP contribution in [0.4, 0.5) is 10.3 Å². The Hall–Kier alpha value is -3.28. The molecule has 4 aromatic rings.